The largest absolute Gasteiger partial charge is 0.416 e. The number of hydrogen-bond donors (Lipinski definition) is 1. The summed E-state index contributed by atoms with van der Waals surface area (Å²) in [4.78, 5) is 0. The molecule has 1 N–H and O–H groups in total. The number of halogens is 4. The molecule has 0 aliphatic rings. The molecule has 0 aromatic heterocycles. The molecule has 0 aliphatic heterocycles. The van der Waals surface area contributed by atoms with Gasteiger partial charge in [0.1, 0.15) is 0 Å². The van der Waals surface area contributed by atoms with E-state index < -0.39 is 19.3 Å². The molecule has 0 saturated carbocycles. The molecule has 9 heteroatoms. The van der Waals surface area contributed by atoms with Gasteiger partial charge in [-0.25, -0.2) is 0 Å². The average molecular weight is 452 g/mol. The number of nitrogens with one attached hydrogen (secondary N) is 1. The lowest BCUT2D eigenvalue weighted by Gasteiger charge is -2.18. The molecule has 26 heavy (non-hydrogen) atoms. The van der Waals surface area contributed by atoms with Crippen molar-refractivity contribution < 1.29 is 26.8 Å². The van der Waals surface area contributed by atoms with Crippen molar-refractivity contribution in [3.05, 3.63) is 52.5 Å². The Labute approximate surface area is 158 Å². The Kier molecular flexibility index (Phi) is 6.91. The summed E-state index contributed by atoms with van der Waals surface area (Å²) >= 11 is 3.37. The minimum atomic E-state index is -4.37. The predicted molar refractivity (Wildman–Crippen MR) is 99.4 cm³/mol. The zero-order valence-corrected chi connectivity index (χ0v) is 16.6. The van der Waals surface area contributed by atoms with Crippen LogP contribution in [-0.4, -0.2) is 13.2 Å². The second-order valence-electron chi connectivity index (χ2n) is 5.20. The first kappa shape index (κ1) is 21.0. The lowest BCUT2D eigenvalue weighted by atomic mass is 10.2. The van der Waals surface area contributed by atoms with Crippen molar-refractivity contribution in [2.75, 3.05) is 18.5 Å². The minimum absolute atomic E-state index is 0.237. The fraction of sp³-hybridized carbons (Fsp3) is 0.294. The van der Waals surface area contributed by atoms with Gasteiger partial charge < -0.3 is 14.4 Å². The van der Waals surface area contributed by atoms with Crippen molar-refractivity contribution in [3.63, 3.8) is 0 Å². The number of anilines is 2. The summed E-state index contributed by atoms with van der Waals surface area (Å²) in [5, 5.41) is 3.40. The molecule has 2 aromatic rings. The van der Waals surface area contributed by atoms with Gasteiger partial charge in [-0.3, -0.25) is 4.57 Å². The van der Waals surface area contributed by atoms with Crippen LogP contribution in [0.2, 0.25) is 0 Å². The smallest absolute Gasteiger partial charge is 0.355 e. The lowest BCUT2D eigenvalue weighted by molar-refractivity contribution is -0.137. The zero-order valence-electron chi connectivity index (χ0n) is 14.1. The Morgan fingerprint density at radius 2 is 1.62 bits per heavy atom. The summed E-state index contributed by atoms with van der Waals surface area (Å²) < 4.78 is 61.8. The van der Waals surface area contributed by atoms with Crippen molar-refractivity contribution in [1.29, 1.82) is 0 Å². The number of benzene rings is 2. The van der Waals surface area contributed by atoms with Gasteiger partial charge in [0.15, 0.2) is 0 Å². The maximum absolute atomic E-state index is 12.8. The van der Waals surface area contributed by atoms with Gasteiger partial charge in [0, 0.05) is 10.2 Å². The van der Waals surface area contributed by atoms with Gasteiger partial charge >= 0.3 is 13.8 Å². The van der Waals surface area contributed by atoms with E-state index in [1.54, 1.807) is 32.0 Å². The Morgan fingerprint density at radius 1 is 1.04 bits per heavy atom. The van der Waals surface area contributed by atoms with Crippen molar-refractivity contribution >= 4 is 40.2 Å². The molecule has 0 bridgehead atoms. The van der Waals surface area contributed by atoms with Crippen molar-refractivity contribution in [2.45, 2.75) is 20.0 Å². The molecule has 0 spiro atoms. The summed E-state index contributed by atoms with van der Waals surface area (Å²) in [6.45, 7) is 3.92. The minimum Gasteiger partial charge on any atom is -0.355 e. The summed E-state index contributed by atoms with van der Waals surface area (Å²) in [6.07, 6.45) is -4.37. The van der Waals surface area contributed by atoms with Gasteiger partial charge in [-0.05, 0) is 72.2 Å². The second-order valence-corrected chi connectivity index (χ2v) is 8.08. The van der Waals surface area contributed by atoms with Crippen LogP contribution >= 0.6 is 23.5 Å². The molecule has 0 amide bonds. The van der Waals surface area contributed by atoms with Crippen molar-refractivity contribution in [2.24, 2.45) is 0 Å². The monoisotopic (exact) mass is 451 g/mol. The summed E-state index contributed by atoms with van der Waals surface area (Å²) in [6, 6.07) is 9.55. The topological polar surface area (TPSA) is 47.6 Å². The quantitative estimate of drug-likeness (QED) is 0.516. The maximum Gasteiger partial charge on any atom is 0.416 e. The van der Waals surface area contributed by atoms with Crippen LogP contribution in [0.25, 0.3) is 0 Å². The van der Waals surface area contributed by atoms with Crippen LogP contribution in [0.1, 0.15) is 19.4 Å². The SMILES string of the molecule is CCOP(=O)(OCC)c1ccc(Nc2ccc(C(F)(F)F)cc2)c(Br)c1. The second kappa shape index (κ2) is 8.57. The van der Waals surface area contributed by atoms with Crippen molar-refractivity contribution in [3.8, 4) is 0 Å². The molecule has 0 atom stereocenters. The Bertz CT molecular complexity index is 787. The van der Waals surface area contributed by atoms with Crippen LogP contribution in [0.15, 0.2) is 46.9 Å². The van der Waals surface area contributed by atoms with E-state index >= 15 is 0 Å². The third-order valence-corrected chi connectivity index (χ3v) is 6.12. The van der Waals surface area contributed by atoms with Gasteiger partial charge in [-0.15, -0.1) is 0 Å². The molecule has 4 nitrogen and oxygen atoms in total. The van der Waals surface area contributed by atoms with E-state index in [2.05, 4.69) is 21.2 Å². The molecule has 0 aliphatic carbocycles. The van der Waals surface area contributed by atoms with Crippen LogP contribution in [0.4, 0.5) is 24.5 Å². The third-order valence-electron chi connectivity index (χ3n) is 3.36. The van der Waals surface area contributed by atoms with Crippen LogP contribution in [0.5, 0.6) is 0 Å². The van der Waals surface area contributed by atoms with E-state index in [9.17, 15) is 17.7 Å². The summed E-state index contributed by atoms with van der Waals surface area (Å²) in [5.74, 6) is 0. The van der Waals surface area contributed by atoms with E-state index in [-0.39, 0.29) is 13.2 Å². The molecule has 0 saturated heterocycles. The average Bonchev–Trinajstić information content (AvgIpc) is 2.57. The molecule has 2 aromatic carbocycles. The highest BCUT2D eigenvalue weighted by Gasteiger charge is 2.30. The van der Waals surface area contributed by atoms with Gasteiger partial charge in [-0.1, -0.05) is 0 Å². The fourth-order valence-corrected chi connectivity index (χ4v) is 4.45. The molecule has 2 rings (SSSR count). The van der Waals surface area contributed by atoms with Crippen molar-refractivity contribution in [1.82, 2.24) is 0 Å². The first-order valence-corrected chi connectivity index (χ1v) is 10.2. The zero-order chi connectivity index (χ0) is 19.4. The molecule has 0 radical (unpaired) electrons. The highest BCUT2D eigenvalue weighted by atomic mass is 79.9. The van der Waals surface area contributed by atoms with Crippen LogP contribution in [0.3, 0.4) is 0 Å². The Hall–Kier alpha value is -1.34. The Morgan fingerprint density at radius 3 is 2.08 bits per heavy atom. The number of hydrogen-bond acceptors (Lipinski definition) is 4. The summed E-state index contributed by atoms with van der Waals surface area (Å²) in [5.41, 5.74) is 0.379. The molecular weight excluding hydrogens is 434 g/mol. The molecule has 0 fully saturated rings. The number of rotatable bonds is 7. The van der Waals surface area contributed by atoms with Gasteiger partial charge in [0.2, 0.25) is 0 Å². The predicted octanol–water partition coefficient (Wildman–Crippen LogP) is 6.10. The molecular formula is C17H18BrF3NO3P. The highest BCUT2D eigenvalue weighted by Crippen LogP contribution is 2.47. The van der Waals surface area contributed by atoms with Crippen LogP contribution in [0, 0.1) is 0 Å². The first-order valence-electron chi connectivity index (χ1n) is 7.83. The van der Waals surface area contributed by atoms with Crippen LogP contribution in [-0.2, 0) is 19.8 Å². The van der Waals surface area contributed by atoms with E-state index in [0.29, 0.717) is 21.2 Å². The molecule has 0 unspecified atom stereocenters. The number of alkyl halides is 3. The van der Waals surface area contributed by atoms with Gasteiger partial charge in [0.05, 0.1) is 29.8 Å². The lowest BCUT2D eigenvalue weighted by Crippen LogP contribution is -2.11. The third kappa shape index (κ3) is 5.10. The first-order chi connectivity index (χ1) is 12.2. The van der Waals surface area contributed by atoms with Gasteiger partial charge in [0.25, 0.3) is 0 Å². The van der Waals surface area contributed by atoms with E-state index in [1.165, 1.54) is 12.1 Å². The highest BCUT2D eigenvalue weighted by molar-refractivity contribution is 9.10. The van der Waals surface area contributed by atoms with E-state index in [4.69, 9.17) is 9.05 Å². The standard InChI is InChI=1S/C17H18BrF3NO3P/c1-3-24-26(23,25-4-2)14-9-10-16(15(18)11-14)22-13-7-5-12(6-8-13)17(19,20)21/h5-11,22H,3-4H2,1-2H3. The van der Waals surface area contributed by atoms with E-state index in [1.807, 2.05) is 0 Å². The van der Waals surface area contributed by atoms with Crippen LogP contribution < -0.4 is 10.6 Å². The summed E-state index contributed by atoms with van der Waals surface area (Å²) in [7, 11) is -3.41. The fourth-order valence-electron chi connectivity index (χ4n) is 2.20. The normalized spacial score (nSPS) is 12.2. The van der Waals surface area contributed by atoms with Gasteiger partial charge in [-0.2, -0.15) is 13.2 Å². The molecule has 142 valence electrons. The molecule has 0 heterocycles. The van der Waals surface area contributed by atoms with E-state index in [0.717, 1.165) is 12.1 Å². The maximum atomic E-state index is 12.8. The Balaban J connectivity index is 2.23.